The Bertz CT molecular complexity index is 55.2. The molecule has 0 heterocycles. The minimum atomic E-state index is 0.576. The van der Waals surface area contributed by atoms with Gasteiger partial charge in [0.15, 0.2) is 0 Å². The Morgan fingerprint density at radius 1 is 1.57 bits per heavy atom. The van der Waals surface area contributed by atoms with Crippen molar-refractivity contribution in [3.8, 4) is 0 Å². The Kier molecular flexibility index (Phi) is 3.67. The van der Waals surface area contributed by atoms with E-state index in [0.717, 1.165) is 6.42 Å². The molecule has 0 fully saturated rings. The first-order valence-corrected chi connectivity index (χ1v) is 2.52. The summed E-state index contributed by atoms with van der Waals surface area (Å²) in [6, 6.07) is 0. The van der Waals surface area contributed by atoms with Crippen LogP contribution in [0, 0.1) is 5.92 Å². The van der Waals surface area contributed by atoms with Gasteiger partial charge in [-0.1, -0.05) is 19.9 Å². The molecule has 42 valence electrons. The molecule has 0 unspecified atom stereocenters. The Morgan fingerprint density at radius 3 is 2.29 bits per heavy atom. The fourth-order valence-electron chi connectivity index (χ4n) is 0.324. The fraction of sp³-hybridized carbons (Fsp3) is 0.667. The molecule has 0 aromatic carbocycles. The van der Waals surface area contributed by atoms with Crippen molar-refractivity contribution >= 4 is 0 Å². The third-order valence-corrected chi connectivity index (χ3v) is 0.697. The summed E-state index contributed by atoms with van der Waals surface area (Å²) in [5.41, 5.74) is 0. The van der Waals surface area contributed by atoms with Crippen molar-refractivity contribution in [1.29, 1.82) is 0 Å². The van der Waals surface area contributed by atoms with Gasteiger partial charge in [0.2, 0.25) is 0 Å². The van der Waals surface area contributed by atoms with Crippen LogP contribution in [0.3, 0.4) is 0 Å². The molecule has 0 N–H and O–H groups in total. The first-order chi connectivity index (χ1) is 3.27. The quantitative estimate of drug-likeness (QED) is 0.502. The highest BCUT2D eigenvalue weighted by molar-refractivity contribution is 4.72. The van der Waals surface area contributed by atoms with Gasteiger partial charge >= 0.3 is 0 Å². The zero-order chi connectivity index (χ0) is 5.70. The van der Waals surface area contributed by atoms with E-state index in [4.69, 9.17) is 0 Å². The van der Waals surface area contributed by atoms with Crippen molar-refractivity contribution < 1.29 is 4.39 Å². The fourth-order valence-corrected chi connectivity index (χ4v) is 0.324. The minimum Gasteiger partial charge on any atom is -0.216 e. The second kappa shape index (κ2) is 3.85. The third kappa shape index (κ3) is 5.67. The summed E-state index contributed by atoms with van der Waals surface area (Å²) in [7, 11) is 0. The highest BCUT2D eigenvalue weighted by atomic mass is 19.1. The lowest BCUT2D eigenvalue weighted by Gasteiger charge is -1.92. The maximum Gasteiger partial charge on any atom is 0.0827 e. The molecule has 0 atom stereocenters. The zero-order valence-electron chi connectivity index (χ0n) is 4.82. The van der Waals surface area contributed by atoms with Gasteiger partial charge in [0.05, 0.1) is 6.33 Å². The molecule has 1 heteroatoms. The van der Waals surface area contributed by atoms with Crippen molar-refractivity contribution in [3.05, 3.63) is 12.4 Å². The summed E-state index contributed by atoms with van der Waals surface area (Å²) in [5.74, 6) is 0.576. The largest absolute Gasteiger partial charge is 0.216 e. The van der Waals surface area contributed by atoms with Gasteiger partial charge < -0.3 is 0 Å². The smallest absolute Gasteiger partial charge is 0.0827 e. The Hall–Kier alpha value is -0.330. The van der Waals surface area contributed by atoms with E-state index in [0.29, 0.717) is 12.2 Å². The molecule has 7 heavy (non-hydrogen) atoms. The van der Waals surface area contributed by atoms with Crippen molar-refractivity contribution in [2.75, 3.05) is 0 Å². The van der Waals surface area contributed by atoms with Gasteiger partial charge in [0.1, 0.15) is 0 Å². The molecular weight excluding hydrogens is 91.1 g/mol. The molecule has 0 bridgehead atoms. The summed E-state index contributed by atoms with van der Waals surface area (Å²) < 4.78 is 11.2. The Labute approximate surface area is 44.0 Å². The number of hydrogen-bond donors (Lipinski definition) is 0. The lowest BCUT2D eigenvalue weighted by atomic mass is 10.1. The van der Waals surface area contributed by atoms with E-state index in [-0.39, 0.29) is 0 Å². The second-order valence-electron chi connectivity index (χ2n) is 1.99. The van der Waals surface area contributed by atoms with Crippen LogP contribution in [0.4, 0.5) is 4.39 Å². The average Bonchev–Trinajstić information content (AvgIpc) is 1.61. The maximum atomic E-state index is 11.2. The molecule has 0 radical (unpaired) electrons. The van der Waals surface area contributed by atoms with E-state index in [1.54, 1.807) is 0 Å². The van der Waals surface area contributed by atoms with Gasteiger partial charge in [-0.25, -0.2) is 4.39 Å². The summed E-state index contributed by atoms with van der Waals surface area (Å²) in [6.45, 7) is 4.11. The van der Waals surface area contributed by atoms with Crippen LogP contribution < -0.4 is 0 Å². The number of hydrogen-bond acceptors (Lipinski definition) is 0. The zero-order valence-corrected chi connectivity index (χ0v) is 4.82. The summed E-state index contributed by atoms with van der Waals surface area (Å²) >= 11 is 0. The van der Waals surface area contributed by atoms with E-state index in [9.17, 15) is 4.39 Å². The first-order valence-electron chi connectivity index (χ1n) is 2.52. The molecule has 0 aliphatic rings. The van der Waals surface area contributed by atoms with Gasteiger partial charge in [0, 0.05) is 0 Å². The number of allylic oxidation sites excluding steroid dienone is 1. The van der Waals surface area contributed by atoms with Crippen LogP contribution >= 0.6 is 0 Å². The van der Waals surface area contributed by atoms with Crippen molar-refractivity contribution in [1.82, 2.24) is 0 Å². The van der Waals surface area contributed by atoms with Gasteiger partial charge in [-0.2, -0.15) is 0 Å². The molecule has 0 aliphatic carbocycles. The number of halogens is 1. The lowest BCUT2D eigenvalue weighted by Crippen LogP contribution is -1.79. The molecule has 0 spiro atoms. The molecule has 0 saturated heterocycles. The average molecular weight is 102 g/mol. The topological polar surface area (TPSA) is 0 Å². The predicted molar refractivity (Wildman–Crippen MR) is 29.7 cm³/mol. The summed E-state index contributed by atoms with van der Waals surface area (Å²) in [5, 5.41) is 0. The molecule has 0 aromatic heterocycles. The molecule has 0 rings (SSSR count). The van der Waals surface area contributed by atoms with Crippen molar-refractivity contribution in [2.45, 2.75) is 20.3 Å². The molecule has 0 amide bonds. The van der Waals surface area contributed by atoms with Gasteiger partial charge in [-0.15, -0.1) is 0 Å². The van der Waals surface area contributed by atoms with Crippen LogP contribution in [0.1, 0.15) is 20.3 Å². The van der Waals surface area contributed by atoms with E-state index >= 15 is 0 Å². The Balaban J connectivity index is 2.97. The maximum absolute atomic E-state index is 11.2. The summed E-state index contributed by atoms with van der Waals surface area (Å²) in [6.07, 6.45) is 2.97. The van der Waals surface area contributed by atoms with E-state index in [1.165, 1.54) is 6.08 Å². The van der Waals surface area contributed by atoms with Crippen LogP contribution in [-0.4, -0.2) is 0 Å². The molecule has 0 nitrogen and oxygen atoms in total. The van der Waals surface area contributed by atoms with Crippen molar-refractivity contribution in [3.63, 3.8) is 0 Å². The van der Waals surface area contributed by atoms with Crippen LogP contribution in [-0.2, 0) is 0 Å². The predicted octanol–water partition coefficient (Wildman–Crippen LogP) is 2.52. The highest BCUT2D eigenvalue weighted by Gasteiger charge is 1.84. The molecule has 0 saturated carbocycles. The minimum absolute atomic E-state index is 0.576. The van der Waals surface area contributed by atoms with E-state index < -0.39 is 0 Å². The second-order valence-corrected chi connectivity index (χ2v) is 1.99. The van der Waals surface area contributed by atoms with Gasteiger partial charge in [-0.05, 0) is 12.3 Å². The molecule has 0 aliphatic heterocycles. The van der Waals surface area contributed by atoms with Gasteiger partial charge in [-0.3, -0.25) is 0 Å². The van der Waals surface area contributed by atoms with Crippen molar-refractivity contribution in [2.24, 2.45) is 5.92 Å². The lowest BCUT2D eigenvalue weighted by molar-refractivity contribution is 0.644. The monoisotopic (exact) mass is 102 g/mol. The summed E-state index contributed by atoms with van der Waals surface area (Å²) in [4.78, 5) is 0. The standard InChI is InChI=1S/C6H11F/c1-6(2)4-3-5-7/h3,5-6H,4H2,1-2H3/b5-3+. The molecular formula is C6H11F. The van der Waals surface area contributed by atoms with Crippen LogP contribution in [0.5, 0.6) is 0 Å². The van der Waals surface area contributed by atoms with Crippen LogP contribution in [0.2, 0.25) is 0 Å². The van der Waals surface area contributed by atoms with Crippen LogP contribution in [0.15, 0.2) is 12.4 Å². The normalized spacial score (nSPS) is 11.4. The van der Waals surface area contributed by atoms with Crippen LogP contribution in [0.25, 0.3) is 0 Å². The van der Waals surface area contributed by atoms with E-state index in [2.05, 4.69) is 13.8 Å². The molecule has 0 aromatic rings. The highest BCUT2D eigenvalue weighted by Crippen LogP contribution is 1.98. The Morgan fingerprint density at radius 2 is 2.14 bits per heavy atom. The first kappa shape index (κ1) is 6.67. The number of rotatable bonds is 2. The SMILES string of the molecule is CC(C)C/C=C/F. The van der Waals surface area contributed by atoms with Gasteiger partial charge in [0.25, 0.3) is 0 Å². The van der Waals surface area contributed by atoms with E-state index in [1.807, 2.05) is 0 Å². The third-order valence-electron chi connectivity index (χ3n) is 0.697.